The zero-order chi connectivity index (χ0) is 22.9. The molecule has 1 aliphatic heterocycles. The average molecular weight is 418 g/mol. The van der Waals surface area contributed by atoms with Crippen LogP contribution in [0.3, 0.4) is 0 Å². The number of carbonyl (C=O) groups is 1. The monoisotopic (exact) mass is 418 g/mol. The van der Waals surface area contributed by atoms with Crippen LogP contribution in [0, 0.1) is 13.8 Å². The summed E-state index contributed by atoms with van der Waals surface area (Å²) in [5.41, 5.74) is 8.24. The predicted octanol–water partition coefficient (Wildman–Crippen LogP) is 3.40. The lowest BCUT2D eigenvalue weighted by Gasteiger charge is -2.33. The smallest absolute Gasteiger partial charge is 0.412 e. The third kappa shape index (κ3) is 4.91. The first-order valence-electron chi connectivity index (χ1n) is 9.40. The van der Waals surface area contributed by atoms with Crippen LogP contribution in [0.5, 0.6) is 11.8 Å². The Kier molecular flexibility index (Phi) is 6.46. The van der Waals surface area contributed by atoms with E-state index in [2.05, 4.69) is 15.3 Å². The number of hydrogen-bond donors (Lipinski definition) is 3. The fourth-order valence-electron chi connectivity index (χ4n) is 3.12. The Morgan fingerprint density at radius 1 is 1.10 bits per heavy atom. The second-order valence-corrected chi connectivity index (χ2v) is 8.01. The maximum atomic E-state index is 11.4. The van der Waals surface area contributed by atoms with E-state index in [1.165, 1.54) is 14.2 Å². The van der Waals surface area contributed by atoms with Gasteiger partial charge in [-0.25, -0.2) is 14.8 Å². The number of nitrogen functional groups attached to an aromatic ring is 1. The molecule has 2 aromatic heterocycles. The molecule has 9 heteroatoms. The Labute approximate surface area is 176 Å². The largest absolute Gasteiger partial charge is 0.480 e. The molecular weight excluding hydrogens is 388 g/mol. The van der Waals surface area contributed by atoms with Gasteiger partial charge in [0.25, 0.3) is 0 Å². The summed E-state index contributed by atoms with van der Waals surface area (Å²) in [6, 6.07) is 3.65. The number of anilines is 2. The van der Waals surface area contributed by atoms with E-state index in [0.717, 1.165) is 17.0 Å². The molecule has 2 aromatic rings. The number of nitrogens with zero attached hydrogens (tertiary/aromatic N) is 2. The van der Waals surface area contributed by atoms with Crippen molar-refractivity contribution >= 4 is 17.5 Å². The van der Waals surface area contributed by atoms with E-state index in [1.54, 1.807) is 19.9 Å². The number of rotatable bonds is 3. The normalized spacial score (nSPS) is 14.5. The molecule has 30 heavy (non-hydrogen) atoms. The van der Waals surface area contributed by atoms with Gasteiger partial charge in [-0.2, -0.15) is 0 Å². The summed E-state index contributed by atoms with van der Waals surface area (Å²) in [4.78, 5) is 19.7. The Morgan fingerprint density at radius 3 is 2.17 bits per heavy atom. The molecule has 0 spiro atoms. The molecule has 0 radical (unpaired) electrons. The van der Waals surface area contributed by atoms with Crippen molar-refractivity contribution in [2.75, 3.05) is 25.3 Å². The Balaban J connectivity index is 0.000000216. The van der Waals surface area contributed by atoms with Gasteiger partial charge in [-0.3, -0.25) is 5.32 Å². The number of pyridine rings is 2. The summed E-state index contributed by atoms with van der Waals surface area (Å²) in [6.45, 7) is 10.7. The van der Waals surface area contributed by atoms with Gasteiger partial charge in [0.1, 0.15) is 17.0 Å². The Hall–Kier alpha value is -3.07. The van der Waals surface area contributed by atoms with Gasteiger partial charge >= 0.3 is 6.09 Å². The van der Waals surface area contributed by atoms with Crippen LogP contribution in [-0.4, -0.2) is 35.4 Å². The van der Waals surface area contributed by atoms with Crippen molar-refractivity contribution in [2.45, 2.75) is 52.7 Å². The first-order valence-corrected chi connectivity index (χ1v) is 9.40. The van der Waals surface area contributed by atoms with Gasteiger partial charge < -0.3 is 25.1 Å². The summed E-state index contributed by atoms with van der Waals surface area (Å²) in [7, 11) is 3.03. The topological polar surface area (TPSA) is 129 Å². The van der Waals surface area contributed by atoms with E-state index in [0.29, 0.717) is 28.7 Å². The second-order valence-electron chi connectivity index (χ2n) is 8.01. The minimum Gasteiger partial charge on any atom is -0.480 e. The summed E-state index contributed by atoms with van der Waals surface area (Å²) in [5, 5.41) is 12.5. The van der Waals surface area contributed by atoms with E-state index < -0.39 is 17.3 Å². The number of cyclic esters (lactones) is 1. The molecule has 0 unspecified atom stereocenters. The van der Waals surface area contributed by atoms with Crippen LogP contribution >= 0.6 is 0 Å². The summed E-state index contributed by atoms with van der Waals surface area (Å²) >= 11 is 0. The molecule has 1 amide bonds. The highest BCUT2D eigenvalue weighted by Crippen LogP contribution is 2.40. The molecule has 0 atom stereocenters. The highest BCUT2D eigenvalue weighted by molar-refractivity contribution is 5.90. The van der Waals surface area contributed by atoms with Crippen LogP contribution in [0.25, 0.3) is 0 Å². The van der Waals surface area contributed by atoms with Crippen LogP contribution in [0.15, 0.2) is 12.1 Å². The van der Waals surface area contributed by atoms with Gasteiger partial charge in [0.05, 0.1) is 19.8 Å². The number of hydrogen-bond acceptors (Lipinski definition) is 8. The van der Waals surface area contributed by atoms with Crippen molar-refractivity contribution in [3.63, 3.8) is 0 Å². The highest BCUT2D eigenvalue weighted by Gasteiger charge is 2.36. The van der Waals surface area contributed by atoms with Gasteiger partial charge in [-0.1, -0.05) is 0 Å². The van der Waals surface area contributed by atoms with Crippen molar-refractivity contribution in [3.05, 3.63) is 34.6 Å². The number of methoxy groups -OCH3 is 2. The zero-order valence-electron chi connectivity index (χ0n) is 18.7. The van der Waals surface area contributed by atoms with E-state index in [1.807, 2.05) is 33.8 Å². The lowest BCUT2D eigenvalue weighted by molar-refractivity contribution is 0.0415. The summed E-state index contributed by atoms with van der Waals surface area (Å²) in [6.07, 6.45) is -0.485. The third-order valence-electron chi connectivity index (χ3n) is 4.54. The SMILES string of the molecule is COc1nc(C)cc(C(C)(C)O)c1N.COc1nc(C)cc2c1NC(=O)OC2(C)C. The molecule has 164 valence electrons. The van der Waals surface area contributed by atoms with Gasteiger partial charge in [0, 0.05) is 22.5 Å². The van der Waals surface area contributed by atoms with Gasteiger partial charge in [0.15, 0.2) is 0 Å². The fourth-order valence-corrected chi connectivity index (χ4v) is 3.12. The molecule has 0 aliphatic carbocycles. The number of ether oxygens (including phenoxy) is 3. The lowest BCUT2D eigenvalue weighted by Crippen LogP contribution is -2.35. The first kappa shape index (κ1) is 23.2. The standard InChI is InChI=1S/C11H14N2O3.C10H16N2O2/c1-6-5-7-8(9(12-6)15-4)13-10(14)16-11(7,2)3;1-6-5-7(10(2,3)13)8(11)9(12-6)14-4/h5H,1-4H3,(H,13,14);5,13H,11H2,1-4H3. The second kappa shape index (κ2) is 8.35. The number of amides is 1. The average Bonchev–Trinajstić information content (AvgIpc) is 2.62. The first-order chi connectivity index (χ1) is 13.8. The molecule has 3 rings (SSSR count). The van der Waals surface area contributed by atoms with Gasteiger partial charge in [0.2, 0.25) is 11.8 Å². The molecule has 4 N–H and O–H groups in total. The third-order valence-corrected chi connectivity index (χ3v) is 4.54. The van der Waals surface area contributed by atoms with Crippen molar-refractivity contribution in [2.24, 2.45) is 0 Å². The molecule has 9 nitrogen and oxygen atoms in total. The molecule has 0 saturated carbocycles. The van der Waals surface area contributed by atoms with E-state index in [9.17, 15) is 9.90 Å². The number of aromatic nitrogens is 2. The minimum atomic E-state index is -0.981. The van der Waals surface area contributed by atoms with Crippen LogP contribution < -0.4 is 20.5 Å². The van der Waals surface area contributed by atoms with Crippen LogP contribution in [0.2, 0.25) is 0 Å². The molecule has 0 aromatic carbocycles. The van der Waals surface area contributed by atoms with Crippen LogP contribution in [0.4, 0.5) is 16.2 Å². The van der Waals surface area contributed by atoms with Crippen molar-refractivity contribution in [1.82, 2.24) is 9.97 Å². The predicted molar refractivity (Wildman–Crippen MR) is 114 cm³/mol. The van der Waals surface area contributed by atoms with E-state index >= 15 is 0 Å². The van der Waals surface area contributed by atoms with Gasteiger partial charge in [-0.15, -0.1) is 0 Å². The number of fused-ring (bicyclic) bond motifs is 1. The summed E-state index contributed by atoms with van der Waals surface area (Å²) < 4.78 is 15.4. The zero-order valence-corrected chi connectivity index (χ0v) is 18.7. The number of aliphatic hydroxyl groups is 1. The maximum Gasteiger partial charge on any atom is 0.412 e. The Morgan fingerprint density at radius 2 is 1.63 bits per heavy atom. The Bertz CT molecular complexity index is 951. The molecule has 3 heterocycles. The van der Waals surface area contributed by atoms with E-state index in [-0.39, 0.29) is 0 Å². The van der Waals surface area contributed by atoms with Crippen molar-refractivity contribution in [1.29, 1.82) is 0 Å². The fraction of sp³-hybridized carbons (Fsp3) is 0.476. The molecular formula is C21H30N4O5. The molecule has 1 aliphatic rings. The van der Waals surface area contributed by atoms with Crippen molar-refractivity contribution < 1.29 is 24.1 Å². The molecule has 0 fully saturated rings. The lowest BCUT2D eigenvalue weighted by atomic mass is 9.95. The van der Waals surface area contributed by atoms with Gasteiger partial charge in [-0.05, 0) is 53.7 Å². The number of aryl methyl sites for hydroxylation is 2. The van der Waals surface area contributed by atoms with E-state index in [4.69, 9.17) is 19.9 Å². The number of carbonyl (C=O) groups excluding carboxylic acids is 1. The number of nitrogens with one attached hydrogen (secondary N) is 1. The molecule has 0 bridgehead atoms. The van der Waals surface area contributed by atoms with Crippen LogP contribution in [0.1, 0.15) is 50.2 Å². The number of nitrogens with two attached hydrogens (primary N) is 1. The summed E-state index contributed by atoms with van der Waals surface area (Å²) in [5.74, 6) is 0.779. The highest BCUT2D eigenvalue weighted by atomic mass is 16.6. The minimum absolute atomic E-state index is 0.363. The van der Waals surface area contributed by atoms with Crippen LogP contribution in [-0.2, 0) is 15.9 Å². The maximum absolute atomic E-state index is 11.4. The molecule has 0 saturated heterocycles. The van der Waals surface area contributed by atoms with Crippen molar-refractivity contribution in [3.8, 4) is 11.8 Å². The quantitative estimate of drug-likeness (QED) is 0.692.